The molecule has 1 saturated heterocycles. The fourth-order valence-corrected chi connectivity index (χ4v) is 1.59. The van der Waals surface area contributed by atoms with Gasteiger partial charge in [0.2, 0.25) is 0 Å². The minimum atomic E-state index is 0.382. The van der Waals surface area contributed by atoms with Crippen LogP contribution in [-0.2, 0) is 4.74 Å². The molecule has 2 aliphatic rings. The second kappa shape index (κ2) is 5.18. The average Bonchev–Trinajstić information content (AvgIpc) is 2.20. The van der Waals surface area contributed by atoms with Gasteiger partial charge >= 0.3 is 0 Å². The zero-order valence-corrected chi connectivity index (χ0v) is 8.79. The Morgan fingerprint density at radius 2 is 2.23 bits per heavy atom. The van der Waals surface area contributed by atoms with Gasteiger partial charge in [-0.1, -0.05) is 20.8 Å². The Morgan fingerprint density at radius 3 is 2.62 bits per heavy atom. The molecule has 0 saturated carbocycles. The quantitative estimate of drug-likeness (QED) is 0.609. The minimum Gasteiger partial charge on any atom is -0.373 e. The van der Waals surface area contributed by atoms with Crippen molar-refractivity contribution in [2.75, 3.05) is 6.61 Å². The molecule has 2 nitrogen and oxygen atoms in total. The van der Waals surface area contributed by atoms with E-state index in [0.29, 0.717) is 12.0 Å². The molecule has 2 heteroatoms. The Hall–Kier alpha value is -0.630. The van der Waals surface area contributed by atoms with Crippen LogP contribution in [0.15, 0.2) is 16.8 Å². The normalized spacial score (nSPS) is 31.2. The zero-order valence-electron chi connectivity index (χ0n) is 8.79. The van der Waals surface area contributed by atoms with Crippen molar-refractivity contribution in [3.05, 3.63) is 11.8 Å². The smallest absolute Gasteiger partial charge is 0.0850 e. The highest BCUT2D eigenvalue weighted by atomic mass is 16.5. The van der Waals surface area contributed by atoms with E-state index >= 15 is 0 Å². The summed E-state index contributed by atoms with van der Waals surface area (Å²) >= 11 is 0. The van der Waals surface area contributed by atoms with Gasteiger partial charge in [0.05, 0.1) is 12.7 Å². The van der Waals surface area contributed by atoms with Crippen LogP contribution in [0.3, 0.4) is 0 Å². The first kappa shape index (κ1) is 10.5. The SMILES string of the molecule is CC.CC1COC1C1=CN=CCC1. The van der Waals surface area contributed by atoms with E-state index in [-0.39, 0.29) is 0 Å². The molecule has 0 radical (unpaired) electrons. The Balaban J connectivity index is 0.000000396. The van der Waals surface area contributed by atoms with Gasteiger partial charge in [-0.3, -0.25) is 4.99 Å². The second-order valence-corrected chi connectivity index (χ2v) is 3.31. The van der Waals surface area contributed by atoms with Crippen LogP contribution in [0.4, 0.5) is 0 Å². The number of hydrogen-bond donors (Lipinski definition) is 0. The summed E-state index contributed by atoms with van der Waals surface area (Å²) in [6.07, 6.45) is 6.53. The van der Waals surface area contributed by atoms with E-state index in [1.807, 2.05) is 26.3 Å². The third kappa shape index (κ3) is 2.41. The van der Waals surface area contributed by atoms with Crippen molar-refractivity contribution in [1.82, 2.24) is 0 Å². The Bertz CT molecular complexity index is 208. The van der Waals surface area contributed by atoms with E-state index in [1.54, 1.807) is 0 Å². The molecule has 2 atom stereocenters. The van der Waals surface area contributed by atoms with Gasteiger partial charge in [0.15, 0.2) is 0 Å². The van der Waals surface area contributed by atoms with Gasteiger partial charge < -0.3 is 4.74 Å². The van der Waals surface area contributed by atoms with E-state index in [1.165, 1.54) is 5.57 Å². The molecule has 2 aliphatic heterocycles. The van der Waals surface area contributed by atoms with Crippen molar-refractivity contribution in [3.63, 3.8) is 0 Å². The number of rotatable bonds is 1. The molecule has 0 aromatic rings. The van der Waals surface area contributed by atoms with Gasteiger partial charge in [0, 0.05) is 18.3 Å². The first-order valence-electron chi connectivity index (χ1n) is 5.20. The Labute approximate surface area is 80.7 Å². The lowest BCUT2D eigenvalue weighted by Gasteiger charge is -2.36. The van der Waals surface area contributed by atoms with Crippen molar-refractivity contribution in [3.8, 4) is 0 Å². The summed E-state index contributed by atoms with van der Waals surface area (Å²) in [5.74, 6) is 0.703. The monoisotopic (exact) mass is 181 g/mol. The van der Waals surface area contributed by atoms with Crippen molar-refractivity contribution < 1.29 is 4.74 Å². The van der Waals surface area contributed by atoms with E-state index in [0.717, 1.165) is 19.4 Å². The molecule has 13 heavy (non-hydrogen) atoms. The highest BCUT2D eigenvalue weighted by Gasteiger charge is 2.31. The first-order chi connectivity index (χ1) is 6.38. The summed E-state index contributed by atoms with van der Waals surface area (Å²) in [6.45, 7) is 7.15. The van der Waals surface area contributed by atoms with Crippen LogP contribution in [0.5, 0.6) is 0 Å². The van der Waals surface area contributed by atoms with Gasteiger partial charge in [-0.25, -0.2) is 0 Å². The van der Waals surface area contributed by atoms with Crippen molar-refractivity contribution in [2.45, 2.75) is 39.7 Å². The number of hydrogen-bond acceptors (Lipinski definition) is 2. The second-order valence-electron chi connectivity index (χ2n) is 3.31. The maximum atomic E-state index is 5.44. The molecule has 2 rings (SSSR count). The highest BCUT2D eigenvalue weighted by Crippen LogP contribution is 2.29. The van der Waals surface area contributed by atoms with E-state index in [9.17, 15) is 0 Å². The molecule has 0 amide bonds. The van der Waals surface area contributed by atoms with Crippen LogP contribution in [0, 0.1) is 5.92 Å². The van der Waals surface area contributed by atoms with Crippen molar-refractivity contribution in [1.29, 1.82) is 0 Å². The van der Waals surface area contributed by atoms with E-state index in [4.69, 9.17) is 4.74 Å². The molecule has 0 aliphatic carbocycles. The van der Waals surface area contributed by atoms with Gasteiger partial charge in [-0.05, 0) is 18.4 Å². The molecular formula is C11H19NO. The lowest BCUT2D eigenvalue weighted by atomic mass is 9.90. The molecule has 0 spiro atoms. The fraction of sp³-hybridized carbons (Fsp3) is 0.727. The van der Waals surface area contributed by atoms with Crippen LogP contribution >= 0.6 is 0 Å². The van der Waals surface area contributed by atoms with Crippen molar-refractivity contribution in [2.24, 2.45) is 10.9 Å². The minimum absolute atomic E-state index is 0.382. The molecular weight excluding hydrogens is 162 g/mol. The van der Waals surface area contributed by atoms with E-state index < -0.39 is 0 Å². The Kier molecular flexibility index (Phi) is 4.16. The van der Waals surface area contributed by atoms with Gasteiger partial charge in [-0.15, -0.1) is 0 Å². The zero-order chi connectivity index (χ0) is 9.68. The number of aliphatic imine (C=N–C) groups is 1. The molecule has 0 aromatic heterocycles. The summed E-state index contributed by atoms with van der Waals surface area (Å²) in [6, 6.07) is 0. The lowest BCUT2D eigenvalue weighted by Crippen LogP contribution is -2.39. The van der Waals surface area contributed by atoms with Crippen LogP contribution in [-0.4, -0.2) is 18.9 Å². The fourth-order valence-electron chi connectivity index (χ4n) is 1.59. The van der Waals surface area contributed by atoms with Crippen LogP contribution in [0.1, 0.15) is 33.6 Å². The van der Waals surface area contributed by atoms with Gasteiger partial charge in [0.1, 0.15) is 0 Å². The number of nitrogens with zero attached hydrogens (tertiary/aromatic N) is 1. The molecule has 2 heterocycles. The molecule has 1 fully saturated rings. The Morgan fingerprint density at radius 1 is 1.46 bits per heavy atom. The van der Waals surface area contributed by atoms with Crippen LogP contribution in [0.2, 0.25) is 0 Å². The number of ether oxygens (including phenoxy) is 1. The molecule has 2 unspecified atom stereocenters. The largest absolute Gasteiger partial charge is 0.373 e. The predicted molar refractivity (Wildman–Crippen MR) is 56.1 cm³/mol. The maximum absolute atomic E-state index is 5.44. The summed E-state index contributed by atoms with van der Waals surface area (Å²) in [5, 5.41) is 0. The topological polar surface area (TPSA) is 21.6 Å². The van der Waals surface area contributed by atoms with Crippen LogP contribution in [0.25, 0.3) is 0 Å². The van der Waals surface area contributed by atoms with Crippen LogP contribution < -0.4 is 0 Å². The molecule has 0 aromatic carbocycles. The average molecular weight is 181 g/mol. The molecule has 0 bridgehead atoms. The lowest BCUT2D eigenvalue weighted by molar-refractivity contribution is -0.0842. The van der Waals surface area contributed by atoms with Crippen molar-refractivity contribution >= 4 is 6.21 Å². The van der Waals surface area contributed by atoms with Gasteiger partial charge in [-0.2, -0.15) is 0 Å². The third-order valence-electron chi connectivity index (χ3n) is 2.33. The highest BCUT2D eigenvalue weighted by molar-refractivity contribution is 5.60. The first-order valence-corrected chi connectivity index (χ1v) is 5.20. The van der Waals surface area contributed by atoms with E-state index in [2.05, 4.69) is 11.9 Å². The summed E-state index contributed by atoms with van der Waals surface area (Å²) in [7, 11) is 0. The molecule has 74 valence electrons. The third-order valence-corrected chi connectivity index (χ3v) is 2.33. The summed E-state index contributed by atoms with van der Waals surface area (Å²) < 4.78 is 5.44. The standard InChI is InChI=1S/C9H13NO.C2H6/c1-7-6-11-9(7)8-3-2-4-10-5-8;1-2/h4-5,7,9H,2-3,6H2,1H3;1-2H3. The summed E-state index contributed by atoms with van der Waals surface area (Å²) in [5.41, 5.74) is 1.38. The summed E-state index contributed by atoms with van der Waals surface area (Å²) in [4.78, 5) is 4.13. The maximum Gasteiger partial charge on any atom is 0.0850 e. The van der Waals surface area contributed by atoms with Gasteiger partial charge in [0.25, 0.3) is 0 Å². The predicted octanol–water partition coefficient (Wildman–Crippen LogP) is 2.80. The molecule has 0 N–H and O–H groups in total.